The molecule has 21 heavy (non-hydrogen) atoms. The number of carboxylic acids is 1. The topological polar surface area (TPSA) is 171 Å². The van der Waals surface area contributed by atoms with Crippen molar-refractivity contribution in [2.75, 3.05) is 13.2 Å². The quantitative estimate of drug-likeness (QED) is 0.230. The highest BCUT2D eigenvalue weighted by Gasteiger charge is 2.43. The molecule has 9 N–H and O–H groups in total. The Balaban J connectivity index is 2.66. The van der Waals surface area contributed by atoms with Crippen LogP contribution in [0.15, 0.2) is 0 Å². The van der Waals surface area contributed by atoms with Gasteiger partial charge in [-0.05, 0) is 19.4 Å². The molecule has 0 aromatic heterocycles. The van der Waals surface area contributed by atoms with E-state index in [1.165, 1.54) is 0 Å². The van der Waals surface area contributed by atoms with Gasteiger partial charge in [0, 0.05) is 0 Å². The molecule has 9 nitrogen and oxygen atoms in total. The van der Waals surface area contributed by atoms with Crippen LogP contribution in [-0.2, 0) is 9.53 Å². The molecular formula is C12H25N3O6. The number of hydrogen-bond acceptors (Lipinski definition) is 8. The second-order valence-corrected chi connectivity index (χ2v) is 5.18. The molecule has 1 heterocycles. The first-order valence-corrected chi connectivity index (χ1v) is 6.99. The SMILES string of the molecule is NCCCC[C@H](NC1O[C@H](CO)[C@@H](O)[C@H](O)[C@@H]1N)C(=O)O. The van der Waals surface area contributed by atoms with E-state index in [2.05, 4.69) is 5.32 Å². The molecule has 0 saturated carbocycles. The second-order valence-electron chi connectivity index (χ2n) is 5.18. The van der Waals surface area contributed by atoms with E-state index in [9.17, 15) is 20.1 Å². The van der Waals surface area contributed by atoms with Crippen LogP contribution in [0.25, 0.3) is 0 Å². The summed E-state index contributed by atoms with van der Waals surface area (Å²) < 4.78 is 5.33. The fourth-order valence-electron chi connectivity index (χ4n) is 2.26. The lowest BCUT2D eigenvalue weighted by Gasteiger charge is -2.41. The minimum atomic E-state index is -1.32. The molecule has 6 atom stereocenters. The monoisotopic (exact) mass is 307 g/mol. The van der Waals surface area contributed by atoms with Gasteiger partial charge in [-0.1, -0.05) is 6.42 Å². The molecule has 0 aromatic rings. The minimum Gasteiger partial charge on any atom is -0.480 e. The summed E-state index contributed by atoms with van der Waals surface area (Å²) in [5, 5.41) is 40.5. The molecule has 1 saturated heterocycles. The van der Waals surface area contributed by atoms with Crippen LogP contribution in [0.4, 0.5) is 0 Å². The summed E-state index contributed by atoms with van der Waals surface area (Å²) in [6.07, 6.45) is -2.96. The van der Waals surface area contributed by atoms with Crippen molar-refractivity contribution < 1.29 is 30.0 Å². The predicted molar refractivity (Wildman–Crippen MR) is 73.2 cm³/mol. The zero-order valence-electron chi connectivity index (χ0n) is 11.8. The second kappa shape index (κ2) is 8.59. The third kappa shape index (κ3) is 4.85. The number of hydrogen-bond donors (Lipinski definition) is 7. The largest absolute Gasteiger partial charge is 0.480 e. The van der Waals surface area contributed by atoms with Gasteiger partial charge in [-0.3, -0.25) is 10.1 Å². The normalized spacial score (nSPS) is 34.6. The summed E-state index contributed by atoms with van der Waals surface area (Å²) in [6.45, 7) is -0.0304. The van der Waals surface area contributed by atoms with Crippen molar-refractivity contribution in [2.24, 2.45) is 11.5 Å². The summed E-state index contributed by atoms with van der Waals surface area (Å²) in [5.74, 6) is -1.07. The fourth-order valence-corrected chi connectivity index (χ4v) is 2.26. The molecule has 1 aliphatic rings. The van der Waals surface area contributed by atoms with Crippen LogP contribution >= 0.6 is 0 Å². The van der Waals surface area contributed by atoms with E-state index in [1.54, 1.807) is 0 Å². The standard InChI is InChI=1S/C12H25N3O6/c13-4-2-1-3-6(12(19)20)15-11-8(14)10(18)9(17)7(5-16)21-11/h6-11,15-18H,1-5,13-14H2,(H,19,20)/t6-,7+,8-,9+,10+,11?/m0/s1. The molecule has 0 radical (unpaired) electrons. The van der Waals surface area contributed by atoms with Crippen molar-refractivity contribution >= 4 is 5.97 Å². The number of carbonyl (C=O) groups is 1. The van der Waals surface area contributed by atoms with Crippen LogP contribution in [0.2, 0.25) is 0 Å². The maximum atomic E-state index is 11.2. The minimum absolute atomic E-state index is 0.335. The van der Waals surface area contributed by atoms with E-state index in [1.807, 2.05) is 0 Å². The molecular weight excluding hydrogens is 282 g/mol. The summed E-state index contributed by atoms with van der Waals surface area (Å²) in [5.41, 5.74) is 11.1. The van der Waals surface area contributed by atoms with Crippen molar-refractivity contribution in [3.8, 4) is 0 Å². The Morgan fingerprint density at radius 2 is 1.95 bits per heavy atom. The van der Waals surface area contributed by atoms with Crippen molar-refractivity contribution in [3.63, 3.8) is 0 Å². The summed E-state index contributed by atoms with van der Waals surface area (Å²) in [7, 11) is 0. The Morgan fingerprint density at radius 3 is 2.48 bits per heavy atom. The van der Waals surface area contributed by atoms with Crippen molar-refractivity contribution in [3.05, 3.63) is 0 Å². The number of aliphatic carboxylic acids is 1. The zero-order valence-corrected chi connectivity index (χ0v) is 11.8. The summed E-state index contributed by atoms with van der Waals surface area (Å²) in [4.78, 5) is 11.2. The number of rotatable bonds is 8. The van der Waals surface area contributed by atoms with Gasteiger partial charge in [-0.25, -0.2) is 0 Å². The molecule has 0 spiro atoms. The van der Waals surface area contributed by atoms with Crippen LogP contribution in [0.3, 0.4) is 0 Å². The Kier molecular flexibility index (Phi) is 7.46. The number of nitrogens with two attached hydrogens (primary N) is 2. The van der Waals surface area contributed by atoms with Crippen LogP contribution in [0.1, 0.15) is 19.3 Å². The number of unbranched alkanes of at least 4 members (excludes halogenated alkanes) is 1. The lowest BCUT2D eigenvalue weighted by atomic mass is 9.96. The van der Waals surface area contributed by atoms with Crippen molar-refractivity contribution in [1.82, 2.24) is 5.32 Å². The van der Waals surface area contributed by atoms with E-state index in [0.29, 0.717) is 25.8 Å². The van der Waals surface area contributed by atoms with Crippen LogP contribution in [-0.4, -0.2) is 76.2 Å². The predicted octanol–water partition coefficient (Wildman–Crippen LogP) is -3.08. The van der Waals surface area contributed by atoms with Gasteiger partial charge < -0.3 is 36.6 Å². The Labute approximate surface area is 122 Å². The lowest BCUT2D eigenvalue weighted by Crippen LogP contribution is -2.67. The molecule has 0 aliphatic carbocycles. The van der Waals surface area contributed by atoms with Crippen molar-refractivity contribution in [2.45, 2.75) is 55.9 Å². The third-order valence-electron chi connectivity index (χ3n) is 3.59. The number of carboxylic acid groups (broad SMARTS) is 1. The Bertz CT molecular complexity index is 330. The molecule has 1 aliphatic heterocycles. The molecule has 9 heteroatoms. The van der Waals surface area contributed by atoms with E-state index in [-0.39, 0.29) is 0 Å². The van der Waals surface area contributed by atoms with Gasteiger partial charge in [0.15, 0.2) is 0 Å². The van der Waals surface area contributed by atoms with Gasteiger partial charge in [-0.2, -0.15) is 0 Å². The van der Waals surface area contributed by atoms with Gasteiger partial charge in [0.05, 0.1) is 12.6 Å². The number of ether oxygens (including phenoxy) is 1. The van der Waals surface area contributed by atoms with Crippen LogP contribution < -0.4 is 16.8 Å². The Morgan fingerprint density at radius 1 is 1.29 bits per heavy atom. The van der Waals surface area contributed by atoms with E-state index < -0.39 is 49.2 Å². The highest BCUT2D eigenvalue weighted by Crippen LogP contribution is 2.19. The first-order valence-electron chi connectivity index (χ1n) is 6.99. The third-order valence-corrected chi connectivity index (χ3v) is 3.59. The van der Waals surface area contributed by atoms with Crippen molar-refractivity contribution in [1.29, 1.82) is 0 Å². The maximum absolute atomic E-state index is 11.2. The lowest BCUT2D eigenvalue weighted by molar-refractivity contribution is -0.199. The first-order chi connectivity index (χ1) is 9.92. The molecule has 1 unspecified atom stereocenters. The first kappa shape index (κ1) is 18.2. The summed E-state index contributed by atoms with van der Waals surface area (Å²) >= 11 is 0. The number of nitrogens with one attached hydrogen (secondary N) is 1. The molecule has 0 aromatic carbocycles. The Hall–Kier alpha value is -0.810. The number of aliphatic hydroxyl groups is 3. The van der Waals surface area contributed by atoms with Gasteiger partial charge >= 0.3 is 5.97 Å². The molecule has 0 amide bonds. The van der Waals surface area contributed by atoms with Gasteiger partial charge in [0.2, 0.25) is 0 Å². The maximum Gasteiger partial charge on any atom is 0.320 e. The van der Waals surface area contributed by atoms with E-state index in [0.717, 1.165) is 0 Å². The van der Waals surface area contributed by atoms with E-state index in [4.69, 9.17) is 21.3 Å². The molecule has 0 bridgehead atoms. The average Bonchev–Trinajstić information content (AvgIpc) is 2.46. The summed E-state index contributed by atoms with van der Waals surface area (Å²) in [6, 6.07) is -1.91. The molecule has 124 valence electrons. The van der Waals surface area contributed by atoms with Gasteiger partial charge in [0.1, 0.15) is 30.6 Å². The molecule has 1 fully saturated rings. The van der Waals surface area contributed by atoms with Crippen LogP contribution in [0.5, 0.6) is 0 Å². The molecule has 1 rings (SSSR count). The number of aliphatic hydroxyl groups excluding tert-OH is 3. The van der Waals surface area contributed by atoms with Crippen LogP contribution in [0, 0.1) is 0 Å². The van der Waals surface area contributed by atoms with Gasteiger partial charge in [0.25, 0.3) is 0 Å². The highest BCUT2D eigenvalue weighted by molar-refractivity contribution is 5.73. The van der Waals surface area contributed by atoms with E-state index >= 15 is 0 Å². The van der Waals surface area contributed by atoms with Gasteiger partial charge in [-0.15, -0.1) is 0 Å². The smallest absolute Gasteiger partial charge is 0.320 e. The average molecular weight is 307 g/mol. The highest BCUT2D eigenvalue weighted by atomic mass is 16.5. The fraction of sp³-hybridized carbons (Fsp3) is 0.917. The zero-order chi connectivity index (χ0) is 16.0.